The zero-order valence-corrected chi connectivity index (χ0v) is 10.1. The summed E-state index contributed by atoms with van der Waals surface area (Å²) >= 11 is 0. The van der Waals surface area contributed by atoms with Crippen LogP contribution in [0.15, 0.2) is 36.7 Å². The highest BCUT2D eigenvalue weighted by Gasteiger charge is 2.57. The van der Waals surface area contributed by atoms with Gasteiger partial charge in [0, 0.05) is 0 Å². The van der Waals surface area contributed by atoms with Crippen molar-refractivity contribution in [2.24, 2.45) is 0 Å². The Balaban J connectivity index is 1.65. The lowest BCUT2D eigenvalue weighted by Gasteiger charge is -2.04. The van der Waals surface area contributed by atoms with E-state index in [9.17, 15) is 0 Å². The lowest BCUT2D eigenvalue weighted by molar-refractivity contribution is 0.297. The van der Waals surface area contributed by atoms with Crippen LogP contribution in [0.1, 0.15) is 37.4 Å². The van der Waals surface area contributed by atoms with Crippen LogP contribution < -0.4 is 0 Å². The van der Waals surface area contributed by atoms with E-state index < -0.39 is 0 Å². The lowest BCUT2D eigenvalue weighted by atomic mass is 9.98. The molecular formula is C14H15N3O. The molecule has 4 rings (SSSR count). The van der Waals surface area contributed by atoms with Gasteiger partial charge in [-0.1, -0.05) is 30.2 Å². The molecule has 4 heteroatoms. The first kappa shape index (κ1) is 10.3. The number of ether oxygens (including phenoxy) is 1. The molecule has 0 amide bonds. The first-order chi connectivity index (χ1) is 8.87. The van der Waals surface area contributed by atoms with E-state index >= 15 is 0 Å². The Bertz CT molecular complexity index is 558. The molecule has 2 aromatic rings. The second-order valence-corrected chi connectivity index (χ2v) is 5.21. The lowest BCUT2D eigenvalue weighted by Crippen LogP contribution is -2.05. The summed E-state index contributed by atoms with van der Waals surface area (Å²) in [6.45, 7) is 0. The second-order valence-electron chi connectivity index (χ2n) is 5.21. The van der Waals surface area contributed by atoms with Crippen molar-refractivity contribution >= 4 is 0 Å². The van der Waals surface area contributed by atoms with E-state index in [1.165, 1.54) is 31.2 Å². The van der Waals surface area contributed by atoms with Crippen LogP contribution in [-0.2, 0) is 4.74 Å². The maximum atomic E-state index is 5.98. The van der Waals surface area contributed by atoms with Crippen molar-refractivity contribution in [1.29, 1.82) is 0 Å². The maximum Gasteiger partial charge on any atom is 0.112 e. The number of rotatable bonds is 2. The Hall–Kier alpha value is -1.68. The fourth-order valence-electron chi connectivity index (χ4n) is 3.10. The summed E-state index contributed by atoms with van der Waals surface area (Å²) in [5.74, 6) is 0. The molecule has 1 aliphatic heterocycles. The molecule has 0 radical (unpaired) electrons. The van der Waals surface area contributed by atoms with Crippen LogP contribution in [-0.4, -0.2) is 20.6 Å². The summed E-state index contributed by atoms with van der Waals surface area (Å²) in [5.41, 5.74) is 2.49. The zero-order chi connectivity index (χ0) is 12.0. The van der Waals surface area contributed by atoms with E-state index in [0.717, 1.165) is 5.69 Å². The van der Waals surface area contributed by atoms with Gasteiger partial charge in [-0.2, -0.15) is 0 Å². The summed E-state index contributed by atoms with van der Waals surface area (Å²) in [7, 11) is 0. The van der Waals surface area contributed by atoms with Crippen molar-refractivity contribution in [2.45, 2.75) is 37.4 Å². The smallest absolute Gasteiger partial charge is 0.112 e. The van der Waals surface area contributed by atoms with Crippen molar-refractivity contribution in [1.82, 2.24) is 15.0 Å². The first-order valence-corrected chi connectivity index (χ1v) is 6.52. The summed E-state index contributed by atoms with van der Waals surface area (Å²) in [5, 5.41) is 7.86. The minimum atomic E-state index is 0.168. The van der Waals surface area contributed by atoms with Gasteiger partial charge in [0.1, 0.15) is 6.10 Å². The van der Waals surface area contributed by atoms with Gasteiger partial charge in [-0.25, -0.2) is 4.68 Å². The Kier molecular flexibility index (Phi) is 2.08. The van der Waals surface area contributed by atoms with Gasteiger partial charge in [0.15, 0.2) is 0 Å². The highest BCUT2D eigenvalue weighted by Crippen LogP contribution is 2.58. The van der Waals surface area contributed by atoms with Gasteiger partial charge in [0.25, 0.3) is 0 Å². The monoisotopic (exact) mass is 241 g/mol. The minimum Gasteiger partial charge on any atom is -0.361 e. The molecule has 1 aliphatic carbocycles. The molecule has 1 aromatic heterocycles. The van der Waals surface area contributed by atoms with Crippen molar-refractivity contribution in [3.8, 4) is 5.69 Å². The van der Waals surface area contributed by atoms with Crippen molar-refractivity contribution in [2.75, 3.05) is 0 Å². The van der Waals surface area contributed by atoms with Crippen molar-refractivity contribution in [3.05, 3.63) is 42.2 Å². The maximum absolute atomic E-state index is 5.98. The number of epoxide rings is 1. The van der Waals surface area contributed by atoms with Gasteiger partial charge in [-0.15, -0.1) is 5.10 Å². The van der Waals surface area contributed by atoms with E-state index in [0.29, 0.717) is 6.10 Å². The van der Waals surface area contributed by atoms with Crippen LogP contribution in [0.25, 0.3) is 5.69 Å². The molecule has 18 heavy (non-hydrogen) atoms. The van der Waals surface area contributed by atoms with Crippen LogP contribution in [0.5, 0.6) is 0 Å². The molecule has 1 unspecified atom stereocenters. The van der Waals surface area contributed by atoms with E-state index in [4.69, 9.17) is 4.74 Å². The third-order valence-corrected chi connectivity index (χ3v) is 4.08. The quantitative estimate of drug-likeness (QED) is 0.759. The average molecular weight is 241 g/mol. The zero-order valence-electron chi connectivity index (χ0n) is 10.1. The third-order valence-electron chi connectivity index (χ3n) is 4.08. The summed E-state index contributed by atoms with van der Waals surface area (Å²) < 4.78 is 7.76. The van der Waals surface area contributed by atoms with Crippen LogP contribution in [0.3, 0.4) is 0 Å². The number of hydrogen-bond acceptors (Lipinski definition) is 3. The number of aromatic nitrogens is 3. The van der Waals surface area contributed by atoms with Crippen molar-refractivity contribution < 1.29 is 4.74 Å². The molecule has 1 saturated carbocycles. The van der Waals surface area contributed by atoms with Gasteiger partial charge < -0.3 is 4.74 Å². The van der Waals surface area contributed by atoms with Gasteiger partial charge in [0.05, 0.1) is 23.7 Å². The topological polar surface area (TPSA) is 43.2 Å². The Labute approximate surface area is 106 Å². The molecule has 4 nitrogen and oxygen atoms in total. The molecule has 1 atom stereocenters. The van der Waals surface area contributed by atoms with E-state index in [-0.39, 0.29) is 5.60 Å². The molecule has 2 aliphatic rings. The summed E-state index contributed by atoms with van der Waals surface area (Å²) in [4.78, 5) is 0. The molecule has 0 bridgehead atoms. The van der Waals surface area contributed by atoms with Crippen LogP contribution in [0.2, 0.25) is 0 Å². The number of hydrogen-bond donors (Lipinski definition) is 0. The number of nitrogens with zero attached hydrogens (tertiary/aromatic N) is 3. The van der Waals surface area contributed by atoms with E-state index in [2.05, 4.69) is 28.5 Å². The standard InChI is InChI=1S/C14H15N3O/c1-2-7-14(6-1)13(18-14)11-4-3-5-12(10-11)17-9-8-15-16-17/h3-5,8-10,13H,1-2,6-7H2. The molecule has 1 spiro atoms. The van der Waals surface area contributed by atoms with E-state index in [1.807, 2.05) is 12.3 Å². The fourth-order valence-corrected chi connectivity index (χ4v) is 3.10. The highest BCUT2D eigenvalue weighted by molar-refractivity contribution is 5.38. The van der Waals surface area contributed by atoms with Crippen LogP contribution >= 0.6 is 0 Å². The van der Waals surface area contributed by atoms with Gasteiger partial charge in [-0.05, 0) is 30.5 Å². The largest absolute Gasteiger partial charge is 0.361 e. The third kappa shape index (κ3) is 1.49. The normalized spacial score (nSPS) is 24.6. The van der Waals surface area contributed by atoms with Crippen LogP contribution in [0.4, 0.5) is 0 Å². The predicted octanol–water partition coefficient (Wildman–Crippen LogP) is 2.65. The van der Waals surface area contributed by atoms with Crippen LogP contribution in [0, 0.1) is 0 Å². The Morgan fingerprint density at radius 3 is 2.94 bits per heavy atom. The first-order valence-electron chi connectivity index (χ1n) is 6.52. The SMILES string of the molecule is c1cc(C2OC23CCCC3)cc(-n2ccnn2)c1. The molecule has 2 fully saturated rings. The van der Waals surface area contributed by atoms with Gasteiger partial charge in [0.2, 0.25) is 0 Å². The molecule has 2 heterocycles. The van der Waals surface area contributed by atoms with Gasteiger partial charge >= 0.3 is 0 Å². The minimum absolute atomic E-state index is 0.168. The Morgan fingerprint density at radius 1 is 1.28 bits per heavy atom. The van der Waals surface area contributed by atoms with E-state index in [1.54, 1.807) is 10.9 Å². The predicted molar refractivity (Wildman–Crippen MR) is 66.4 cm³/mol. The molecule has 1 saturated heterocycles. The molecular weight excluding hydrogens is 226 g/mol. The van der Waals surface area contributed by atoms with Gasteiger partial charge in [-0.3, -0.25) is 0 Å². The highest BCUT2D eigenvalue weighted by atomic mass is 16.6. The average Bonchev–Trinajstić information content (AvgIpc) is 2.81. The molecule has 0 N–H and O–H groups in total. The fraction of sp³-hybridized carbons (Fsp3) is 0.429. The Morgan fingerprint density at radius 2 is 2.17 bits per heavy atom. The van der Waals surface area contributed by atoms with Crippen molar-refractivity contribution in [3.63, 3.8) is 0 Å². The molecule has 92 valence electrons. The molecule has 1 aromatic carbocycles. The summed E-state index contributed by atoms with van der Waals surface area (Å²) in [6.07, 6.45) is 8.88. The summed E-state index contributed by atoms with van der Waals surface area (Å²) in [6, 6.07) is 8.42. The number of benzene rings is 1. The second kappa shape index (κ2) is 3.65.